The number of fused-ring (bicyclic) bond motifs is 1. The predicted octanol–water partition coefficient (Wildman–Crippen LogP) is 2.82. The van der Waals surface area contributed by atoms with Gasteiger partial charge in [-0.15, -0.1) is 0 Å². The number of hydrogen-bond acceptors (Lipinski definition) is 4. The number of carbonyl (C=O) groups excluding carboxylic acids is 1. The molecule has 7 nitrogen and oxygen atoms in total. The zero-order valence-corrected chi connectivity index (χ0v) is 15.9. The van der Waals surface area contributed by atoms with Crippen molar-refractivity contribution in [2.45, 2.75) is 26.2 Å². The fraction of sp³-hybridized carbons (Fsp3) is 0.300. The van der Waals surface area contributed by atoms with Crippen molar-refractivity contribution >= 4 is 17.5 Å². The van der Waals surface area contributed by atoms with Crippen molar-refractivity contribution < 1.29 is 19.1 Å². The molecule has 2 heterocycles. The van der Waals surface area contributed by atoms with Crippen LogP contribution in [0.1, 0.15) is 35.1 Å². The van der Waals surface area contributed by atoms with Gasteiger partial charge in [-0.3, -0.25) is 9.59 Å². The molecular weight excluding hydrogens is 363 g/mol. The largest absolute Gasteiger partial charge is 0.481 e. The van der Waals surface area contributed by atoms with E-state index < -0.39 is 11.8 Å². The van der Waals surface area contributed by atoms with Gasteiger partial charge in [0.05, 0.1) is 5.69 Å². The summed E-state index contributed by atoms with van der Waals surface area (Å²) >= 11 is 0. The number of carbonyl (C=O) groups is 2. The van der Waals surface area contributed by atoms with E-state index in [1.165, 1.54) is 11.0 Å². The summed E-state index contributed by atoms with van der Waals surface area (Å²) in [6.07, 6.45) is 0.833. The molecule has 146 valence electrons. The third-order valence-corrected chi connectivity index (χ3v) is 4.43. The lowest BCUT2D eigenvalue weighted by Gasteiger charge is -2.11. The van der Waals surface area contributed by atoms with E-state index in [-0.39, 0.29) is 18.7 Å². The van der Waals surface area contributed by atoms with Crippen molar-refractivity contribution in [2.75, 3.05) is 14.1 Å². The molecule has 0 fully saturated rings. The minimum absolute atomic E-state index is 0.0559. The minimum atomic E-state index is -0.925. The quantitative estimate of drug-likeness (QED) is 0.706. The molecule has 2 aromatic heterocycles. The average molecular weight is 384 g/mol. The van der Waals surface area contributed by atoms with Crippen molar-refractivity contribution in [1.82, 2.24) is 19.5 Å². The first kappa shape index (κ1) is 19.5. The maximum absolute atomic E-state index is 14.6. The van der Waals surface area contributed by atoms with Gasteiger partial charge in [-0.05, 0) is 36.6 Å². The smallest absolute Gasteiger partial charge is 0.303 e. The predicted molar refractivity (Wildman–Crippen MR) is 102 cm³/mol. The molecule has 0 atom stereocenters. The van der Waals surface area contributed by atoms with E-state index in [4.69, 9.17) is 5.11 Å². The Morgan fingerprint density at radius 1 is 1.21 bits per heavy atom. The topological polar surface area (TPSA) is 87.8 Å². The van der Waals surface area contributed by atoms with Crippen LogP contribution in [-0.4, -0.2) is 50.6 Å². The van der Waals surface area contributed by atoms with Gasteiger partial charge in [0.2, 0.25) is 0 Å². The van der Waals surface area contributed by atoms with Crippen LogP contribution in [-0.2, 0) is 17.6 Å². The van der Waals surface area contributed by atoms with Gasteiger partial charge >= 0.3 is 5.97 Å². The molecule has 0 aliphatic rings. The summed E-state index contributed by atoms with van der Waals surface area (Å²) in [4.78, 5) is 28.8. The number of aryl methyl sites for hydroxylation is 2. The number of amides is 1. The van der Waals surface area contributed by atoms with Crippen LogP contribution >= 0.6 is 0 Å². The highest BCUT2D eigenvalue weighted by Crippen LogP contribution is 2.25. The molecule has 0 saturated heterocycles. The highest BCUT2D eigenvalue weighted by atomic mass is 19.1. The van der Waals surface area contributed by atoms with Gasteiger partial charge in [-0.2, -0.15) is 5.10 Å². The third-order valence-electron chi connectivity index (χ3n) is 4.43. The second kappa shape index (κ2) is 7.75. The standard InChI is InChI=1S/C20H21FN4O3/c1-4-13-10-17(20(28)24(2)3)22-18-11-16(23-25(13)18)14-7-5-12(9-15(14)21)6-8-19(26)27/h5,7,9-11H,4,6,8H2,1-3H3,(H,26,27). The van der Waals surface area contributed by atoms with E-state index in [0.717, 1.165) is 5.69 Å². The number of carboxylic acid groups (broad SMARTS) is 1. The lowest BCUT2D eigenvalue weighted by atomic mass is 10.0. The molecule has 0 saturated carbocycles. The third kappa shape index (κ3) is 3.85. The first-order valence-corrected chi connectivity index (χ1v) is 8.92. The molecule has 1 amide bonds. The van der Waals surface area contributed by atoms with E-state index >= 15 is 0 Å². The summed E-state index contributed by atoms with van der Waals surface area (Å²) in [7, 11) is 3.31. The zero-order chi connectivity index (χ0) is 20.4. The fourth-order valence-electron chi connectivity index (χ4n) is 2.93. The molecule has 28 heavy (non-hydrogen) atoms. The Balaban J connectivity index is 2.02. The maximum Gasteiger partial charge on any atom is 0.303 e. The molecule has 0 aliphatic heterocycles. The number of benzene rings is 1. The van der Waals surface area contributed by atoms with Crippen LogP contribution in [0, 0.1) is 5.82 Å². The Kier molecular flexibility index (Phi) is 5.39. The molecule has 0 spiro atoms. The first-order valence-electron chi connectivity index (χ1n) is 8.92. The Morgan fingerprint density at radius 3 is 2.57 bits per heavy atom. The monoisotopic (exact) mass is 384 g/mol. The minimum Gasteiger partial charge on any atom is -0.481 e. The summed E-state index contributed by atoms with van der Waals surface area (Å²) in [6.45, 7) is 1.94. The molecule has 0 bridgehead atoms. The number of halogens is 1. The van der Waals surface area contributed by atoms with Crippen molar-refractivity contribution in [3.63, 3.8) is 0 Å². The second-order valence-electron chi connectivity index (χ2n) is 6.69. The first-order chi connectivity index (χ1) is 13.3. The Bertz CT molecular complexity index is 1060. The van der Waals surface area contributed by atoms with Gasteiger partial charge in [0.25, 0.3) is 5.91 Å². The number of aromatic nitrogens is 3. The van der Waals surface area contributed by atoms with Crippen LogP contribution in [0.25, 0.3) is 16.9 Å². The molecule has 1 N–H and O–H groups in total. The number of rotatable bonds is 6. The summed E-state index contributed by atoms with van der Waals surface area (Å²) in [6, 6.07) is 7.95. The molecule has 1 aromatic carbocycles. The highest BCUT2D eigenvalue weighted by Gasteiger charge is 2.17. The molecule has 0 unspecified atom stereocenters. The van der Waals surface area contributed by atoms with Crippen molar-refractivity contribution in [3.8, 4) is 11.3 Å². The maximum atomic E-state index is 14.6. The Hall–Kier alpha value is -3.29. The van der Waals surface area contributed by atoms with Crippen LogP contribution in [0.4, 0.5) is 4.39 Å². The van der Waals surface area contributed by atoms with Crippen LogP contribution in [0.3, 0.4) is 0 Å². The van der Waals surface area contributed by atoms with Crippen molar-refractivity contribution in [3.05, 3.63) is 53.1 Å². The van der Waals surface area contributed by atoms with Gasteiger partial charge in [0.15, 0.2) is 5.65 Å². The summed E-state index contributed by atoms with van der Waals surface area (Å²) in [5, 5.41) is 13.2. The summed E-state index contributed by atoms with van der Waals surface area (Å²) in [5.41, 5.74) is 2.88. The SMILES string of the molecule is CCc1cc(C(=O)N(C)C)nc2cc(-c3ccc(CCC(=O)O)cc3F)nn12. The van der Waals surface area contributed by atoms with Crippen LogP contribution in [0.15, 0.2) is 30.3 Å². The van der Waals surface area contributed by atoms with E-state index in [1.807, 2.05) is 6.92 Å². The zero-order valence-electron chi connectivity index (χ0n) is 15.9. The second-order valence-corrected chi connectivity index (χ2v) is 6.69. The molecule has 8 heteroatoms. The van der Waals surface area contributed by atoms with Gasteiger partial charge in [-0.1, -0.05) is 13.0 Å². The fourth-order valence-corrected chi connectivity index (χ4v) is 2.93. The molecule has 0 aliphatic carbocycles. The van der Waals surface area contributed by atoms with Gasteiger partial charge in [-0.25, -0.2) is 13.9 Å². The number of aliphatic carboxylic acids is 1. The molecule has 3 rings (SSSR count). The Labute approximate surface area is 161 Å². The van der Waals surface area contributed by atoms with Crippen LogP contribution in [0.5, 0.6) is 0 Å². The van der Waals surface area contributed by atoms with E-state index in [9.17, 15) is 14.0 Å². The van der Waals surface area contributed by atoms with Crippen LogP contribution in [0.2, 0.25) is 0 Å². The average Bonchev–Trinajstić information content (AvgIpc) is 3.08. The van der Waals surface area contributed by atoms with E-state index in [0.29, 0.717) is 34.6 Å². The summed E-state index contributed by atoms with van der Waals surface area (Å²) in [5.74, 6) is -1.62. The van der Waals surface area contributed by atoms with E-state index in [1.54, 1.807) is 42.9 Å². The lowest BCUT2D eigenvalue weighted by Crippen LogP contribution is -2.23. The highest BCUT2D eigenvalue weighted by molar-refractivity contribution is 5.92. The van der Waals surface area contributed by atoms with Gasteiger partial charge in [0, 0.05) is 37.8 Å². The normalized spacial score (nSPS) is 11.0. The lowest BCUT2D eigenvalue weighted by molar-refractivity contribution is -0.136. The number of hydrogen-bond donors (Lipinski definition) is 1. The van der Waals surface area contributed by atoms with Gasteiger partial charge < -0.3 is 10.0 Å². The van der Waals surface area contributed by atoms with Crippen molar-refractivity contribution in [2.24, 2.45) is 0 Å². The summed E-state index contributed by atoms with van der Waals surface area (Å²) < 4.78 is 16.2. The van der Waals surface area contributed by atoms with Crippen molar-refractivity contribution in [1.29, 1.82) is 0 Å². The Morgan fingerprint density at radius 2 is 1.96 bits per heavy atom. The number of carboxylic acids is 1. The van der Waals surface area contributed by atoms with Gasteiger partial charge in [0.1, 0.15) is 11.5 Å². The molecule has 0 radical (unpaired) electrons. The van der Waals surface area contributed by atoms with E-state index in [2.05, 4.69) is 10.1 Å². The van der Waals surface area contributed by atoms with Crippen LogP contribution < -0.4 is 0 Å². The molecule has 3 aromatic rings. The molecular formula is C20H21FN4O3. The number of nitrogens with zero attached hydrogens (tertiary/aromatic N) is 4.